The van der Waals surface area contributed by atoms with Crippen molar-refractivity contribution < 1.29 is 0 Å². The van der Waals surface area contributed by atoms with Crippen molar-refractivity contribution in [2.24, 2.45) is 0 Å². The molecule has 0 aromatic heterocycles. The van der Waals surface area contributed by atoms with Crippen LogP contribution in [0.2, 0.25) is 0 Å². The maximum atomic E-state index is 6.12. The van der Waals surface area contributed by atoms with E-state index in [1.54, 1.807) is 0 Å². The Bertz CT molecular complexity index is 341. The van der Waals surface area contributed by atoms with Crippen molar-refractivity contribution >= 4 is 17.4 Å². The van der Waals surface area contributed by atoms with Gasteiger partial charge in [0, 0.05) is 15.8 Å². The molecule has 1 nitrogen and oxygen atoms in total. The minimum Gasteiger partial charge on any atom is -0.398 e. The third kappa shape index (κ3) is 2.94. The molecule has 0 atom stereocenters. The van der Waals surface area contributed by atoms with E-state index in [0.717, 1.165) is 10.9 Å². The number of anilines is 1. The molecule has 88 valence electrons. The van der Waals surface area contributed by atoms with E-state index in [1.165, 1.54) is 49.0 Å². The summed E-state index contributed by atoms with van der Waals surface area (Å²) < 4.78 is 0. The molecule has 0 amide bonds. The molecule has 0 unspecified atom stereocenters. The highest BCUT2D eigenvalue weighted by atomic mass is 32.2. The van der Waals surface area contributed by atoms with Gasteiger partial charge in [-0.2, -0.15) is 0 Å². The summed E-state index contributed by atoms with van der Waals surface area (Å²) in [6, 6.07) is 6.37. The van der Waals surface area contributed by atoms with Crippen LogP contribution in [-0.2, 0) is 0 Å². The fraction of sp³-hybridized carbons (Fsp3) is 0.571. The number of thioether (sulfide) groups is 1. The third-order valence-electron chi connectivity index (χ3n) is 3.38. The summed E-state index contributed by atoms with van der Waals surface area (Å²) in [4.78, 5) is 1.28. The lowest BCUT2D eigenvalue weighted by atomic mass is 10.2. The van der Waals surface area contributed by atoms with Crippen LogP contribution in [0.1, 0.15) is 44.1 Å². The molecule has 0 heterocycles. The largest absolute Gasteiger partial charge is 0.398 e. The molecule has 1 aliphatic carbocycles. The first-order valence-corrected chi connectivity index (χ1v) is 7.17. The van der Waals surface area contributed by atoms with Crippen LogP contribution in [0.25, 0.3) is 0 Å². The normalized spacial score (nSPS) is 18.3. The zero-order chi connectivity index (χ0) is 11.4. The van der Waals surface area contributed by atoms with Gasteiger partial charge in [0.2, 0.25) is 0 Å². The van der Waals surface area contributed by atoms with Gasteiger partial charge in [-0.15, -0.1) is 11.8 Å². The van der Waals surface area contributed by atoms with Crippen LogP contribution in [-0.4, -0.2) is 5.25 Å². The smallest absolute Gasteiger partial charge is 0.0482 e. The van der Waals surface area contributed by atoms with Gasteiger partial charge in [0.15, 0.2) is 0 Å². The van der Waals surface area contributed by atoms with Gasteiger partial charge in [0.1, 0.15) is 0 Å². The summed E-state index contributed by atoms with van der Waals surface area (Å²) in [6.07, 6.45) is 8.34. The SMILES string of the molecule is Cc1cccc(SC2CCCCCC2)c1N. The second-order valence-corrected chi connectivity index (χ2v) is 6.06. The molecule has 1 aromatic carbocycles. The van der Waals surface area contributed by atoms with Crippen molar-refractivity contribution in [1.82, 2.24) is 0 Å². The Hall–Kier alpha value is -0.630. The van der Waals surface area contributed by atoms with Gasteiger partial charge in [0.05, 0.1) is 0 Å². The Kier molecular flexibility index (Phi) is 4.16. The number of nitrogen functional groups attached to an aromatic ring is 1. The third-order valence-corrected chi connectivity index (χ3v) is 4.79. The van der Waals surface area contributed by atoms with Crippen molar-refractivity contribution in [2.75, 3.05) is 5.73 Å². The lowest BCUT2D eigenvalue weighted by molar-refractivity contribution is 0.702. The van der Waals surface area contributed by atoms with E-state index in [0.29, 0.717) is 0 Å². The molecule has 16 heavy (non-hydrogen) atoms. The Morgan fingerprint density at radius 2 is 1.81 bits per heavy atom. The lowest BCUT2D eigenvalue weighted by Gasteiger charge is -2.15. The average molecular weight is 235 g/mol. The van der Waals surface area contributed by atoms with Crippen molar-refractivity contribution in [3.63, 3.8) is 0 Å². The Balaban J connectivity index is 2.04. The van der Waals surface area contributed by atoms with Crippen LogP contribution >= 0.6 is 11.8 Å². The Morgan fingerprint density at radius 1 is 1.12 bits per heavy atom. The van der Waals surface area contributed by atoms with Gasteiger partial charge >= 0.3 is 0 Å². The Morgan fingerprint density at radius 3 is 2.50 bits per heavy atom. The standard InChI is InChI=1S/C14H21NS/c1-11-7-6-10-13(14(11)15)16-12-8-4-2-3-5-9-12/h6-7,10,12H,2-5,8-9,15H2,1H3. The van der Waals surface area contributed by atoms with E-state index in [1.807, 2.05) is 11.8 Å². The molecule has 1 aliphatic rings. The first-order valence-electron chi connectivity index (χ1n) is 6.29. The highest BCUT2D eigenvalue weighted by Crippen LogP contribution is 2.36. The molecule has 2 heteroatoms. The second-order valence-electron chi connectivity index (χ2n) is 4.72. The summed E-state index contributed by atoms with van der Waals surface area (Å²) in [5, 5.41) is 0.784. The highest BCUT2D eigenvalue weighted by Gasteiger charge is 2.14. The van der Waals surface area contributed by atoms with Crippen LogP contribution in [0.3, 0.4) is 0 Å². The number of rotatable bonds is 2. The Labute approximate surface area is 103 Å². The van der Waals surface area contributed by atoms with E-state index in [9.17, 15) is 0 Å². The lowest BCUT2D eigenvalue weighted by Crippen LogP contribution is -2.02. The molecule has 2 N–H and O–H groups in total. The summed E-state index contributed by atoms with van der Waals surface area (Å²) >= 11 is 1.99. The predicted octanol–water partition coefficient (Wildman–Crippen LogP) is 4.39. The number of hydrogen-bond donors (Lipinski definition) is 1. The van der Waals surface area contributed by atoms with Gasteiger partial charge in [-0.1, -0.05) is 37.8 Å². The van der Waals surface area contributed by atoms with Crippen LogP contribution in [0.15, 0.2) is 23.1 Å². The van der Waals surface area contributed by atoms with Crippen molar-refractivity contribution in [2.45, 2.75) is 55.6 Å². The average Bonchev–Trinajstić information content (AvgIpc) is 2.53. The van der Waals surface area contributed by atoms with Crippen molar-refractivity contribution in [3.05, 3.63) is 23.8 Å². The van der Waals surface area contributed by atoms with Crippen LogP contribution in [0.4, 0.5) is 5.69 Å². The molecule has 0 spiro atoms. The molecule has 0 aliphatic heterocycles. The minimum absolute atomic E-state index is 0.784. The van der Waals surface area contributed by atoms with Crippen LogP contribution in [0, 0.1) is 6.92 Å². The minimum atomic E-state index is 0.784. The number of para-hydroxylation sites is 1. The molecule has 1 saturated carbocycles. The summed E-state index contributed by atoms with van der Waals surface area (Å²) in [6.45, 7) is 2.09. The van der Waals surface area contributed by atoms with Gasteiger partial charge in [0.25, 0.3) is 0 Å². The number of hydrogen-bond acceptors (Lipinski definition) is 2. The van der Waals surface area contributed by atoms with E-state index in [2.05, 4.69) is 25.1 Å². The molecular weight excluding hydrogens is 214 g/mol. The first-order chi connectivity index (χ1) is 7.77. The fourth-order valence-electron chi connectivity index (χ4n) is 2.30. The van der Waals surface area contributed by atoms with Gasteiger partial charge in [-0.3, -0.25) is 0 Å². The van der Waals surface area contributed by atoms with Crippen molar-refractivity contribution in [3.8, 4) is 0 Å². The maximum Gasteiger partial charge on any atom is 0.0482 e. The molecule has 0 saturated heterocycles. The zero-order valence-electron chi connectivity index (χ0n) is 10.0. The van der Waals surface area contributed by atoms with Crippen LogP contribution < -0.4 is 5.73 Å². The number of benzene rings is 1. The van der Waals surface area contributed by atoms with Gasteiger partial charge < -0.3 is 5.73 Å². The summed E-state index contributed by atoms with van der Waals surface area (Å²) in [5.74, 6) is 0. The first kappa shape index (κ1) is 11.8. The predicted molar refractivity (Wildman–Crippen MR) is 72.9 cm³/mol. The zero-order valence-corrected chi connectivity index (χ0v) is 10.9. The quantitative estimate of drug-likeness (QED) is 0.607. The van der Waals surface area contributed by atoms with Crippen LogP contribution in [0.5, 0.6) is 0 Å². The highest BCUT2D eigenvalue weighted by molar-refractivity contribution is 8.00. The number of nitrogens with two attached hydrogens (primary N) is 1. The van der Waals surface area contributed by atoms with Gasteiger partial charge in [-0.25, -0.2) is 0 Å². The van der Waals surface area contributed by atoms with E-state index >= 15 is 0 Å². The summed E-state index contributed by atoms with van der Waals surface area (Å²) in [7, 11) is 0. The molecule has 0 bridgehead atoms. The summed E-state index contributed by atoms with van der Waals surface area (Å²) in [5.41, 5.74) is 8.31. The van der Waals surface area contributed by atoms with E-state index in [-0.39, 0.29) is 0 Å². The van der Waals surface area contributed by atoms with Gasteiger partial charge in [-0.05, 0) is 31.4 Å². The molecule has 2 rings (SSSR count). The van der Waals surface area contributed by atoms with E-state index in [4.69, 9.17) is 5.73 Å². The molecule has 1 fully saturated rings. The fourth-order valence-corrected chi connectivity index (χ4v) is 3.67. The second kappa shape index (κ2) is 5.62. The monoisotopic (exact) mass is 235 g/mol. The van der Waals surface area contributed by atoms with E-state index < -0.39 is 0 Å². The maximum absolute atomic E-state index is 6.12. The topological polar surface area (TPSA) is 26.0 Å². The number of aryl methyl sites for hydroxylation is 1. The molecular formula is C14H21NS. The molecule has 0 radical (unpaired) electrons. The molecule has 1 aromatic rings. The van der Waals surface area contributed by atoms with Crippen molar-refractivity contribution in [1.29, 1.82) is 0 Å².